The number of aryl methyl sites for hydroxylation is 2. The summed E-state index contributed by atoms with van der Waals surface area (Å²) in [6.45, 7) is 3.64. The Kier molecular flexibility index (Phi) is 8.92. The fraction of sp³-hybridized carbons (Fsp3) is 0.103. The van der Waals surface area contributed by atoms with Crippen molar-refractivity contribution in [3.63, 3.8) is 0 Å². The molecule has 0 atom stereocenters. The van der Waals surface area contributed by atoms with Gasteiger partial charge in [-0.25, -0.2) is 26.4 Å². The first-order valence-electron chi connectivity index (χ1n) is 12.7. The summed E-state index contributed by atoms with van der Waals surface area (Å²) in [4.78, 5) is 23.1. The maximum absolute atomic E-state index is 12.8. The molecule has 0 aliphatic heterocycles. The molecule has 0 aliphatic rings. The second-order valence-electron chi connectivity index (χ2n) is 9.62. The second-order valence-corrected chi connectivity index (χ2v) is 13.0. The van der Waals surface area contributed by atoms with Crippen molar-refractivity contribution < 1.29 is 36.6 Å². The Balaban J connectivity index is 1.64. The Labute approximate surface area is 248 Å². The number of anilines is 4. The predicted molar refractivity (Wildman–Crippen MR) is 163 cm³/mol. The van der Waals surface area contributed by atoms with Gasteiger partial charge in [0.25, 0.3) is 20.0 Å². The molecular weight excluding hydrogens is 596 g/mol. The number of hydrogen-bond acceptors (Lipinski definition) is 6. The molecule has 0 spiro atoms. The van der Waals surface area contributed by atoms with E-state index >= 15 is 0 Å². The van der Waals surface area contributed by atoms with Crippen molar-refractivity contribution in [2.75, 3.05) is 20.1 Å². The number of carbonyl (C=O) groups is 2. The van der Waals surface area contributed by atoms with Crippen molar-refractivity contribution in [2.45, 2.75) is 30.1 Å². The van der Waals surface area contributed by atoms with Gasteiger partial charge in [0.05, 0.1) is 21.2 Å². The zero-order valence-electron chi connectivity index (χ0n) is 23.0. The van der Waals surface area contributed by atoms with Crippen LogP contribution in [0.25, 0.3) is 0 Å². The molecule has 0 heterocycles. The van der Waals surface area contributed by atoms with Crippen molar-refractivity contribution in [3.05, 3.63) is 107 Å². The number of hydrogen-bond donors (Lipinski definition) is 6. The van der Waals surface area contributed by atoms with Crippen LogP contribution in [0.1, 0.15) is 22.3 Å². The van der Waals surface area contributed by atoms with Crippen molar-refractivity contribution >= 4 is 55.0 Å². The highest BCUT2D eigenvalue weighted by Gasteiger charge is 2.18. The third-order valence-electron chi connectivity index (χ3n) is 6.25. The summed E-state index contributed by atoms with van der Waals surface area (Å²) < 4.78 is 56.2. The van der Waals surface area contributed by atoms with E-state index in [0.717, 1.165) is 11.1 Å². The summed E-state index contributed by atoms with van der Waals surface area (Å²) in [6, 6.07) is 20.9. The van der Waals surface area contributed by atoms with Gasteiger partial charge in [-0.1, -0.05) is 47.5 Å². The largest absolute Gasteiger partial charge is 0.465 e. The van der Waals surface area contributed by atoms with Crippen LogP contribution in [0.5, 0.6) is 0 Å². The van der Waals surface area contributed by atoms with E-state index in [1.165, 1.54) is 60.7 Å². The lowest BCUT2D eigenvalue weighted by molar-refractivity contribution is 0.208. The normalized spacial score (nSPS) is 11.4. The van der Waals surface area contributed by atoms with Crippen LogP contribution in [-0.2, 0) is 26.5 Å². The lowest BCUT2D eigenvalue weighted by atomic mass is 10.0. The molecule has 0 aliphatic carbocycles. The molecule has 0 aromatic heterocycles. The number of nitrogens with one attached hydrogen (secondary N) is 4. The Hall–Kier alpha value is -5.08. The van der Waals surface area contributed by atoms with Crippen molar-refractivity contribution in [2.24, 2.45) is 0 Å². The lowest BCUT2D eigenvalue weighted by Crippen LogP contribution is -2.15. The molecule has 0 saturated heterocycles. The lowest BCUT2D eigenvalue weighted by Gasteiger charge is -2.16. The highest BCUT2D eigenvalue weighted by molar-refractivity contribution is 7.93. The van der Waals surface area contributed by atoms with Crippen LogP contribution in [0, 0.1) is 13.8 Å². The average molecular weight is 625 g/mol. The summed E-state index contributed by atoms with van der Waals surface area (Å²) in [5, 5.41) is 23.3. The van der Waals surface area contributed by atoms with Gasteiger partial charge in [0.1, 0.15) is 0 Å². The van der Waals surface area contributed by atoms with E-state index < -0.39 is 32.2 Å². The molecule has 2 amide bonds. The smallest absolute Gasteiger partial charge is 0.409 e. The molecule has 0 radical (unpaired) electrons. The van der Waals surface area contributed by atoms with Crippen LogP contribution in [0.3, 0.4) is 0 Å². The standard InChI is InChI=1S/C29H28N4O8S2/c1-18-3-11-24(12-4-18)42(38,39)32-22-9-7-20(26(16-22)30-28(34)35)15-21-8-10-23(17-27(21)31-29(36)37)33-43(40,41)25-13-5-19(2)6-14-25/h3-14,16-17,30-33H,15H2,1-2H3,(H,34,35)(H,36,37). The second kappa shape index (κ2) is 12.4. The Morgan fingerprint density at radius 2 is 0.930 bits per heavy atom. The van der Waals surface area contributed by atoms with Crippen LogP contribution in [0.4, 0.5) is 32.3 Å². The van der Waals surface area contributed by atoms with Gasteiger partial charge in [0.15, 0.2) is 0 Å². The molecule has 0 saturated carbocycles. The summed E-state index contributed by atoms with van der Waals surface area (Å²) in [5.74, 6) is 0. The van der Waals surface area contributed by atoms with Crippen molar-refractivity contribution in [1.82, 2.24) is 0 Å². The van der Waals surface area contributed by atoms with E-state index in [2.05, 4.69) is 20.1 Å². The molecular formula is C29H28N4O8S2. The Bertz CT molecular complexity index is 1750. The topological polar surface area (TPSA) is 191 Å². The number of rotatable bonds is 10. The first kappa shape index (κ1) is 30.9. The summed E-state index contributed by atoms with van der Waals surface area (Å²) in [6.07, 6.45) is -2.80. The molecule has 14 heteroatoms. The molecule has 4 rings (SSSR count). The minimum atomic E-state index is -3.97. The molecule has 0 bridgehead atoms. The first-order valence-corrected chi connectivity index (χ1v) is 15.6. The van der Waals surface area contributed by atoms with Gasteiger partial charge in [0, 0.05) is 17.8 Å². The van der Waals surface area contributed by atoms with E-state index in [1.54, 1.807) is 24.3 Å². The summed E-state index contributed by atoms with van der Waals surface area (Å²) in [7, 11) is -7.93. The molecule has 224 valence electrons. The SMILES string of the molecule is Cc1ccc(S(=O)(=O)Nc2ccc(Cc3ccc(NS(=O)(=O)c4ccc(C)cc4)cc3NC(=O)O)c(NC(=O)O)c2)cc1. The zero-order valence-corrected chi connectivity index (χ0v) is 24.6. The van der Waals surface area contributed by atoms with E-state index in [4.69, 9.17) is 0 Å². The number of amides is 2. The van der Waals surface area contributed by atoms with Crippen LogP contribution < -0.4 is 20.1 Å². The van der Waals surface area contributed by atoms with Gasteiger partial charge < -0.3 is 10.2 Å². The van der Waals surface area contributed by atoms with Gasteiger partial charge >= 0.3 is 12.2 Å². The van der Waals surface area contributed by atoms with Crippen molar-refractivity contribution in [3.8, 4) is 0 Å². The minimum Gasteiger partial charge on any atom is -0.465 e. The maximum Gasteiger partial charge on any atom is 0.409 e. The monoisotopic (exact) mass is 624 g/mol. The van der Waals surface area contributed by atoms with Crippen LogP contribution in [0.2, 0.25) is 0 Å². The van der Waals surface area contributed by atoms with Crippen molar-refractivity contribution in [1.29, 1.82) is 0 Å². The fourth-order valence-corrected chi connectivity index (χ4v) is 6.22. The summed E-state index contributed by atoms with van der Waals surface area (Å²) in [5.41, 5.74) is 2.85. The Morgan fingerprint density at radius 1 is 0.581 bits per heavy atom. The van der Waals surface area contributed by atoms with Crippen LogP contribution in [0.15, 0.2) is 94.7 Å². The minimum absolute atomic E-state index is 0.00120. The third-order valence-corrected chi connectivity index (χ3v) is 9.05. The number of benzene rings is 4. The van der Waals surface area contributed by atoms with Gasteiger partial charge in [0.2, 0.25) is 0 Å². The highest BCUT2D eigenvalue weighted by Crippen LogP contribution is 2.30. The first-order chi connectivity index (χ1) is 20.2. The molecule has 6 N–H and O–H groups in total. The van der Waals surface area contributed by atoms with E-state index in [9.17, 15) is 36.6 Å². The van der Waals surface area contributed by atoms with Gasteiger partial charge in [-0.2, -0.15) is 0 Å². The van der Waals surface area contributed by atoms with Gasteiger partial charge in [-0.05, 0) is 73.5 Å². The Morgan fingerprint density at radius 3 is 1.26 bits per heavy atom. The molecule has 4 aromatic carbocycles. The third kappa shape index (κ3) is 8.02. The van der Waals surface area contributed by atoms with Crippen LogP contribution >= 0.6 is 0 Å². The highest BCUT2D eigenvalue weighted by atomic mass is 32.2. The zero-order chi connectivity index (χ0) is 31.4. The fourth-order valence-electron chi connectivity index (χ4n) is 4.12. The molecule has 0 unspecified atom stereocenters. The number of carboxylic acid groups (broad SMARTS) is 2. The van der Waals surface area contributed by atoms with Crippen LogP contribution in [-0.4, -0.2) is 39.2 Å². The van der Waals surface area contributed by atoms with Gasteiger partial charge in [-0.15, -0.1) is 0 Å². The summed E-state index contributed by atoms with van der Waals surface area (Å²) >= 11 is 0. The predicted octanol–water partition coefficient (Wildman–Crippen LogP) is 5.68. The van der Waals surface area contributed by atoms with Gasteiger partial charge in [-0.3, -0.25) is 20.1 Å². The average Bonchev–Trinajstić information content (AvgIpc) is 2.91. The van der Waals surface area contributed by atoms with E-state index in [0.29, 0.717) is 11.1 Å². The van der Waals surface area contributed by atoms with E-state index in [1.807, 2.05) is 13.8 Å². The molecule has 43 heavy (non-hydrogen) atoms. The quantitative estimate of drug-likeness (QED) is 0.130. The molecule has 12 nitrogen and oxygen atoms in total. The van der Waals surface area contributed by atoms with E-state index in [-0.39, 0.29) is 39.0 Å². The number of sulfonamides is 2. The molecule has 0 fully saturated rings. The maximum atomic E-state index is 12.8. The molecule has 4 aromatic rings.